The van der Waals surface area contributed by atoms with Crippen LogP contribution in [0.2, 0.25) is 0 Å². The molecule has 0 aliphatic rings. The first kappa shape index (κ1) is 14.5. The summed E-state index contributed by atoms with van der Waals surface area (Å²) in [4.78, 5) is 8.62. The van der Waals surface area contributed by atoms with E-state index in [-0.39, 0.29) is 0 Å². The summed E-state index contributed by atoms with van der Waals surface area (Å²) in [5, 5.41) is 3.33. The molecule has 0 saturated carbocycles. The van der Waals surface area contributed by atoms with E-state index in [1.807, 2.05) is 31.2 Å². The van der Waals surface area contributed by atoms with Crippen LogP contribution in [-0.2, 0) is 6.54 Å². The zero-order valence-electron chi connectivity index (χ0n) is 12.3. The van der Waals surface area contributed by atoms with Gasteiger partial charge in [0.2, 0.25) is 5.88 Å². The second-order valence-corrected chi connectivity index (χ2v) is 5.29. The van der Waals surface area contributed by atoms with Crippen LogP contribution < -0.4 is 10.1 Å². The Bertz CT molecular complexity index is 538. The fraction of sp³-hybridized carbons (Fsp3) is 0.375. The fourth-order valence-corrected chi connectivity index (χ4v) is 1.78. The van der Waals surface area contributed by atoms with Crippen LogP contribution in [0.1, 0.15) is 25.1 Å². The lowest BCUT2D eigenvalue weighted by atomic mass is 10.2. The molecule has 0 saturated heterocycles. The quantitative estimate of drug-likeness (QED) is 0.875. The largest absolute Gasteiger partial charge is 0.437 e. The summed E-state index contributed by atoms with van der Waals surface area (Å²) in [6, 6.07) is 7.87. The van der Waals surface area contributed by atoms with Crippen molar-refractivity contribution < 1.29 is 4.74 Å². The summed E-state index contributed by atoms with van der Waals surface area (Å²) in [6.45, 7) is 8.09. The lowest BCUT2D eigenvalue weighted by Crippen LogP contribution is -2.19. The van der Waals surface area contributed by atoms with Gasteiger partial charge in [-0.15, -0.1) is 0 Å². The number of hydrogen-bond acceptors (Lipinski definition) is 4. The van der Waals surface area contributed by atoms with Crippen molar-refractivity contribution >= 4 is 0 Å². The molecule has 106 valence electrons. The molecule has 0 atom stereocenters. The van der Waals surface area contributed by atoms with Crippen LogP contribution in [0.4, 0.5) is 0 Å². The Kier molecular flexibility index (Phi) is 5.07. The Balaban J connectivity index is 1.91. The Labute approximate surface area is 120 Å². The van der Waals surface area contributed by atoms with Crippen LogP contribution in [-0.4, -0.2) is 16.5 Å². The van der Waals surface area contributed by atoms with Crippen molar-refractivity contribution in [3.05, 3.63) is 47.9 Å². The highest BCUT2D eigenvalue weighted by molar-refractivity contribution is 5.30. The third-order valence-corrected chi connectivity index (χ3v) is 2.75. The van der Waals surface area contributed by atoms with Gasteiger partial charge >= 0.3 is 0 Å². The summed E-state index contributed by atoms with van der Waals surface area (Å²) in [6.07, 6.45) is 3.41. The fourth-order valence-electron chi connectivity index (χ4n) is 1.78. The highest BCUT2D eigenvalue weighted by Crippen LogP contribution is 2.19. The number of ether oxygens (including phenoxy) is 1. The van der Waals surface area contributed by atoms with Gasteiger partial charge in [-0.3, -0.25) is 4.98 Å². The molecule has 0 aliphatic heterocycles. The molecule has 0 spiro atoms. The standard InChI is InChI=1S/C16H21N3O/c1-12(2)8-17-9-14-10-19-16(11-18-14)20-15-6-4-5-13(3)7-15/h4-7,10-12,17H,8-9H2,1-3H3. The van der Waals surface area contributed by atoms with Crippen LogP contribution in [0.5, 0.6) is 11.6 Å². The predicted octanol–water partition coefficient (Wildman–Crippen LogP) is 3.32. The van der Waals surface area contributed by atoms with Crippen LogP contribution >= 0.6 is 0 Å². The molecule has 1 aromatic heterocycles. The van der Waals surface area contributed by atoms with Crippen LogP contribution in [0.3, 0.4) is 0 Å². The van der Waals surface area contributed by atoms with Gasteiger partial charge < -0.3 is 10.1 Å². The number of aryl methyl sites for hydroxylation is 1. The molecular formula is C16H21N3O. The highest BCUT2D eigenvalue weighted by Gasteiger charge is 2.01. The van der Waals surface area contributed by atoms with Crippen LogP contribution in [0.15, 0.2) is 36.7 Å². The molecular weight excluding hydrogens is 250 g/mol. The van der Waals surface area contributed by atoms with Crippen molar-refractivity contribution in [3.63, 3.8) is 0 Å². The average Bonchev–Trinajstić information content (AvgIpc) is 2.40. The van der Waals surface area contributed by atoms with E-state index in [4.69, 9.17) is 4.74 Å². The molecule has 0 fully saturated rings. The van der Waals surface area contributed by atoms with Gasteiger partial charge in [0, 0.05) is 6.54 Å². The zero-order chi connectivity index (χ0) is 14.4. The molecule has 0 unspecified atom stereocenters. The number of benzene rings is 1. The lowest BCUT2D eigenvalue weighted by Gasteiger charge is -2.08. The number of hydrogen-bond donors (Lipinski definition) is 1. The van der Waals surface area contributed by atoms with E-state index in [0.29, 0.717) is 11.8 Å². The Hall–Kier alpha value is -1.94. The molecule has 0 amide bonds. The van der Waals surface area contributed by atoms with Crippen molar-refractivity contribution in [3.8, 4) is 11.6 Å². The summed E-state index contributed by atoms with van der Waals surface area (Å²) in [5.41, 5.74) is 2.08. The Morgan fingerprint density at radius 3 is 2.70 bits per heavy atom. The summed E-state index contributed by atoms with van der Waals surface area (Å²) < 4.78 is 5.66. The zero-order valence-corrected chi connectivity index (χ0v) is 12.3. The van der Waals surface area contributed by atoms with Gasteiger partial charge in [0.15, 0.2) is 0 Å². The minimum Gasteiger partial charge on any atom is -0.437 e. The predicted molar refractivity (Wildman–Crippen MR) is 79.8 cm³/mol. The molecule has 1 heterocycles. The van der Waals surface area contributed by atoms with E-state index in [1.165, 1.54) is 0 Å². The topological polar surface area (TPSA) is 47.0 Å². The smallest absolute Gasteiger partial charge is 0.237 e. The first-order valence-corrected chi connectivity index (χ1v) is 6.89. The van der Waals surface area contributed by atoms with Crippen molar-refractivity contribution in [2.45, 2.75) is 27.3 Å². The van der Waals surface area contributed by atoms with Gasteiger partial charge in [-0.1, -0.05) is 26.0 Å². The Morgan fingerprint density at radius 1 is 1.20 bits per heavy atom. The molecule has 1 aromatic carbocycles. The maximum Gasteiger partial charge on any atom is 0.237 e. The van der Waals surface area contributed by atoms with Crippen LogP contribution in [0.25, 0.3) is 0 Å². The minimum atomic E-state index is 0.517. The molecule has 4 nitrogen and oxygen atoms in total. The molecule has 20 heavy (non-hydrogen) atoms. The summed E-state index contributed by atoms with van der Waals surface area (Å²) >= 11 is 0. The Morgan fingerprint density at radius 2 is 2.05 bits per heavy atom. The van der Waals surface area contributed by atoms with Gasteiger partial charge in [0.1, 0.15) is 5.75 Å². The number of nitrogens with one attached hydrogen (secondary N) is 1. The first-order chi connectivity index (χ1) is 9.63. The van der Waals surface area contributed by atoms with Gasteiger partial charge in [0.05, 0.1) is 18.1 Å². The molecule has 0 aliphatic carbocycles. The maximum absolute atomic E-state index is 5.66. The molecule has 1 N–H and O–H groups in total. The molecule has 4 heteroatoms. The third-order valence-electron chi connectivity index (χ3n) is 2.75. The lowest BCUT2D eigenvalue weighted by molar-refractivity contribution is 0.458. The van der Waals surface area contributed by atoms with Gasteiger partial charge in [-0.05, 0) is 37.1 Å². The van der Waals surface area contributed by atoms with E-state index in [2.05, 4.69) is 29.1 Å². The maximum atomic E-state index is 5.66. The monoisotopic (exact) mass is 271 g/mol. The third kappa shape index (κ3) is 4.63. The summed E-state index contributed by atoms with van der Waals surface area (Å²) in [7, 11) is 0. The van der Waals surface area contributed by atoms with E-state index >= 15 is 0 Å². The van der Waals surface area contributed by atoms with E-state index in [9.17, 15) is 0 Å². The van der Waals surface area contributed by atoms with E-state index in [0.717, 1.165) is 30.1 Å². The molecule has 2 rings (SSSR count). The number of rotatable bonds is 6. The highest BCUT2D eigenvalue weighted by atomic mass is 16.5. The second kappa shape index (κ2) is 7.01. The normalized spacial score (nSPS) is 10.8. The van der Waals surface area contributed by atoms with Gasteiger partial charge in [0.25, 0.3) is 0 Å². The second-order valence-electron chi connectivity index (χ2n) is 5.29. The summed E-state index contributed by atoms with van der Waals surface area (Å²) in [5.74, 6) is 1.93. The van der Waals surface area contributed by atoms with E-state index < -0.39 is 0 Å². The van der Waals surface area contributed by atoms with Crippen LogP contribution in [0, 0.1) is 12.8 Å². The first-order valence-electron chi connectivity index (χ1n) is 6.89. The van der Waals surface area contributed by atoms with Crippen molar-refractivity contribution in [2.24, 2.45) is 5.92 Å². The van der Waals surface area contributed by atoms with E-state index in [1.54, 1.807) is 12.4 Å². The number of aromatic nitrogens is 2. The molecule has 0 bridgehead atoms. The SMILES string of the molecule is Cc1cccc(Oc2cnc(CNCC(C)C)cn2)c1. The van der Waals surface area contributed by atoms with Gasteiger partial charge in [-0.2, -0.15) is 0 Å². The van der Waals surface area contributed by atoms with Gasteiger partial charge in [-0.25, -0.2) is 4.98 Å². The van der Waals surface area contributed by atoms with Crippen molar-refractivity contribution in [1.82, 2.24) is 15.3 Å². The number of nitrogens with zero attached hydrogens (tertiary/aromatic N) is 2. The minimum absolute atomic E-state index is 0.517. The van der Waals surface area contributed by atoms with Crippen molar-refractivity contribution in [1.29, 1.82) is 0 Å². The average molecular weight is 271 g/mol. The molecule has 0 radical (unpaired) electrons. The van der Waals surface area contributed by atoms with Crippen molar-refractivity contribution in [2.75, 3.05) is 6.54 Å². The molecule has 2 aromatic rings.